The third-order valence-corrected chi connectivity index (χ3v) is 5.10. The van der Waals surface area contributed by atoms with Crippen molar-refractivity contribution in [1.29, 1.82) is 5.41 Å². The molecule has 0 saturated carbocycles. The molecule has 144 valence electrons. The molecule has 1 unspecified atom stereocenters. The summed E-state index contributed by atoms with van der Waals surface area (Å²) in [6, 6.07) is 11.6. The summed E-state index contributed by atoms with van der Waals surface area (Å²) < 4.78 is 0. The molecule has 1 atom stereocenters. The molecular formula is C22H28ClN3O. The fourth-order valence-corrected chi connectivity index (χ4v) is 3.48. The van der Waals surface area contributed by atoms with Crippen LogP contribution in [-0.4, -0.2) is 36.7 Å². The van der Waals surface area contributed by atoms with Crippen LogP contribution in [0.2, 0.25) is 5.02 Å². The fraction of sp³-hybridized carbons (Fsp3) is 0.364. The van der Waals surface area contributed by atoms with Crippen molar-refractivity contribution in [3.05, 3.63) is 69.2 Å². The molecule has 2 aromatic carbocycles. The van der Waals surface area contributed by atoms with E-state index >= 15 is 0 Å². The Hall–Kier alpha value is -2.17. The highest BCUT2D eigenvalue weighted by Crippen LogP contribution is 2.26. The van der Waals surface area contributed by atoms with Gasteiger partial charge in [-0.15, -0.1) is 0 Å². The van der Waals surface area contributed by atoms with Gasteiger partial charge < -0.3 is 16.0 Å². The van der Waals surface area contributed by atoms with Crippen LogP contribution in [0.15, 0.2) is 36.4 Å². The molecule has 0 spiro atoms. The number of nitrogens with one attached hydrogen (secondary N) is 1. The average molecular weight is 386 g/mol. The summed E-state index contributed by atoms with van der Waals surface area (Å²) in [5.74, 6) is -0.234. The maximum absolute atomic E-state index is 12.8. The highest BCUT2D eigenvalue weighted by atomic mass is 35.5. The molecule has 0 bridgehead atoms. The van der Waals surface area contributed by atoms with Crippen molar-refractivity contribution in [1.82, 2.24) is 4.90 Å². The summed E-state index contributed by atoms with van der Waals surface area (Å²) in [7, 11) is 1.73. The molecule has 3 N–H and O–H groups in total. The van der Waals surface area contributed by atoms with Crippen LogP contribution in [0.1, 0.15) is 45.0 Å². The van der Waals surface area contributed by atoms with Crippen molar-refractivity contribution < 1.29 is 4.79 Å². The lowest BCUT2D eigenvalue weighted by molar-refractivity contribution is 0.0813. The third-order valence-electron chi connectivity index (χ3n) is 4.70. The van der Waals surface area contributed by atoms with Gasteiger partial charge in [-0.25, -0.2) is 0 Å². The molecule has 2 aromatic rings. The normalized spacial score (nSPS) is 11.9. The summed E-state index contributed by atoms with van der Waals surface area (Å²) in [6.07, 6.45) is 0.643. The van der Waals surface area contributed by atoms with E-state index in [9.17, 15) is 4.79 Å². The first-order valence-corrected chi connectivity index (χ1v) is 9.48. The predicted molar refractivity (Wildman–Crippen MR) is 113 cm³/mol. The smallest absolute Gasteiger partial charge is 0.253 e. The van der Waals surface area contributed by atoms with Gasteiger partial charge in [-0.1, -0.05) is 40.9 Å². The molecule has 1 amide bonds. The topological polar surface area (TPSA) is 70.2 Å². The number of carbonyl (C=O) groups is 1. The Bertz CT molecular complexity index is 827. The predicted octanol–water partition coefficient (Wildman–Crippen LogP) is 4.49. The van der Waals surface area contributed by atoms with E-state index in [2.05, 4.69) is 0 Å². The van der Waals surface area contributed by atoms with E-state index in [1.165, 1.54) is 0 Å². The minimum absolute atomic E-state index is 0.0833. The molecule has 0 aliphatic rings. The van der Waals surface area contributed by atoms with Crippen LogP contribution in [0.3, 0.4) is 0 Å². The van der Waals surface area contributed by atoms with E-state index in [4.69, 9.17) is 22.7 Å². The second-order valence-electron chi connectivity index (χ2n) is 7.20. The lowest BCUT2D eigenvalue weighted by Crippen LogP contribution is -2.34. The SMILES string of the molecule is Cc1cc(C)cc(C(=O)N(C)CC(=N)C(CCN)c2ccc(C)c(Cl)c2)c1. The number of hydrogen-bond donors (Lipinski definition) is 2. The van der Waals surface area contributed by atoms with E-state index in [0.717, 1.165) is 22.3 Å². The number of carbonyl (C=O) groups excluding carboxylic acids is 1. The first-order chi connectivity index (χ1) is 12.7. The summed E-state index contributed by atoms with van der Waals surface area (Å²) in [6.45, 7) is 6.62. The van der Waals surface area contributed by atoms with Gasteiger partial charge in [0.25, 0.3) is 5.91 Å². The average Bonchev–Trinajstić information content (AvgIpc) is 2.60. The number of rotatable bonds is 7. The Morgan fingerprint density at radius 1 is 1.15 bits per heavy atom. The van der Waals surface area contributed by atoms with Crippen LogP contribution in [-0.2, 0) is 0 Å². The Morgan fingerprint density at radius 3 is 2.33 bits per heavy atom. The molecule has 0 radical (unpaired) electrons. The molecule has 2 rings (SSSR count). The molecule has 27 heavy (non-hydrogen) atoms. The third kappa shape index (κ3) is 5.41. The molecule has 0 saturated heterocycles. The Balaban J connectivity index is 2.18. The number of benzene rings is 2. The second-order valence-corrected chi connectivity index (χ2v) is 7.61. The van der Waals surface area contributed by atoms with Crippen molar-refractivity contribution in [3.63, 3.8) is 0 Å². The van der Waals surface area contributed by atoms with Gasteiger partial charge in [0.15, 0.2) is 0 Å². The van der Waals surface area contributed by atoms with Crippen LogP contribution in [0.4, 0.5) is 0 Å². The lowest BCUT2D eigenvalue weighted by atomic mass is 9.90. The zero-order valence-electron chi connectivity index (χ0n) is 16.5. The van der Waals surface area contributed by atoms with Crippen molar-refractivity contribution in [2.45, 2.75) is 33.1 Å². The lowest BCUT2D eigenvalue weighted by Gasteiger charge is -2.24. The van der Waals surface area contributed by atoms with E-state index < -0.39 is 0 Å². The van der Waals surface area contributed by atoms with Gasteiger partial charge in [-0.3, -0.25) is 4.79 Å². The fourth-order valence-electron chi connectivity index (χ4n) is 3.29. The van der Waals surface area contributed by atoms with Gasteiger partial charge in [0.05, 0.1) is 6.54 Å². The van der Waals surface area contributed by atoms with Gasteiger partial charge in [0.1, 0.15) is 0 Å². The minimum atomic E-state index is -0.150. The van der Waals surface area contributed by atoms with Gasteiger partial charge >= 0.3 is 0 Å². The molecule has 0 heterocycles. The quantitative estimate of drug-likeness (QED) is 0.689. The van der Waals surface area contributed by atoms with Crippen molar-refractivity contribution in [2.75, 3.05) is 20.1 Å². The molecule has 5 heteroatoms. The first-order valence-electron chi connectivity index (χ1n) is 9.10. The standard InChI is InChI=1S/C22H28ClN3O/c1-14-9-15(2)11-18(10-14)22(27)26(4)13-21(25)19(7-8-24)17-6-5-16(3)20(23)12-17/h5-6,9-12,19,25H,7-8,13,24H2,1-4H3. The van der Waals surface area contributed by atoms with Crippen LogP contribution in [0.5, 0.6) is 0 Å². The van der Waals surface area contributed by atoms with Crippen LogP contribution >= 0.6 is 11.6 Å². The summed E-state index contributed by atoms with van der Waals surface area (Å²) >= 11 is 6.26. The highest BCUT2D eigenvalue weighted by Gasteiger charge is 2.21. The van der Waals surface area contributed by atoms with Crippen LogP contribution in [0.25, 0.3) is 0 Å². The Labute approximate surface area is 166 Å². The number of nitrogens with two attached hydrogens (primary N) is 1. The first kappa shape index (κ1) is 21.1. The number of hydrogen-bond acceptors (Lipinski definition) is 3. The largest absolute Gasteiger partial charge is 0.336 e. The molecular weight excluding hydrogens is 358 g/mol. The van der Waals surface area contributed by atoms with Crippen molar-refractivity contribution >= 4 is 23.2 Å². The summed E-state index contributed by atoms with van der Waals surface area (Å²) in [5, 5.41) is 9.27. The van der Waals surface area contributed by atoms with Crippen molar-refractivity contribution in [2.24, 2.45) is 5.73 Å². The number of halogens is 1. The van der Waals surface area contributed by atoms with Gasteiger partial charge in [-0.2, -0.15) is 0 Å². The van der Waals surface area contributed by atoms with Gasteiger partial charge in [0.2, 0.25) is 0 Å². The Morgan fingerprint density at radius 2 is 1.78 bits per heavy atom. The maximum Gasteiger partial charge on any atom is 0.253 e. The van der Waals surface area contributed by atoms with E-state index in [-0.39, 0.29) is 18.4 Å². The molecule has 0 fully saturated rings. The van der Waals surface area contributed by atoms with E-state index in [1.807, 2.05) is 57.2 Å². The number of nitrogens with zero attached hydrogens (tertiary/aromatic N) is 1. The monoisotopic (exact) mass is 385 g/mol. The summed E-state index contributed by atoms with van der Waals surface area (Å²) in [4.78, 5) is 14.4. The maximum atomic E-state index is 12.8. The molecule has 0 aromatic heterocycles. The molecule has 0 aliphatic carbocycles. The summed E-state index contributed by atoms with van der Waals surface area (Å²) in [5.41, 5.74) is 11.0. The zero-order chi connectivity index (χ0) is 20.1. The zero-order valence-corrected chi connectivity index (χ0v) is 17.2. The molecule has 4 nitrogen and oxygen atoms in total. The van der Waals surface area contributed by atoms with Gasteiger partial charge in [0, 0.05) is 29.3 Å². The number of amides is 1. The van der Waals surface area contributed by atoms with E-state index in [1.54, 1.807) is 11.9 Å². The molecule has 0 aliphatic heterocycles. The Kier molecular flexibility index (Phi) is 7.17. The second kappa shape index (κ2) is 9.16. The minimum Gasteiger partial charge on any atom is -0.336 e. The highest BCUT2D eigenvalue weighted by molar-refractivity contribution is 6.31. The van der Waals surface area contributed by atoms with E-state index in [0.29, 0.717) is 29.3 Å². The van der Waals surface area contributed by atoms with Crippen molar-refractivity contribution in [3.8, 4) is 0 Å². The van der Waals surface area contributed by atoms with Gasteiger partial charge in [-0.05, 0) is 63.1 Å². The van der Waals surface area contributed by atoms with Crippen LogP contribution < -0.4 is 5.73 Å². The number of aryl methyl sites for hydroxylation is 3. The van der Waals surface area contributed by atoms with Crippen LogP contribution in [0, 0.1) is 26.2 Å².